The highest BCUT2D eigenvalue weighted by Crippen LogP contribution is 2.22. The number of rotatable bonds is 5. The number of nitro benzene ring substituents is 1. The Kier molecular flexibility index (Phi) is 5.41. The van der Waals surface area contributed by atoms with Crippen molar-refractivity contribution in [1.29, 1.82) is 0 Å². The van der Waals surface area contributed by atoms with E-state index in [4.69, 9.17) is 12.2 Å². The van der Waals surface area contributed by atoms with Crippen molar-refractivity contribution in [3.8, 4) is 5.69 Å². The fourth-order valence-corrected chi connectivity index (χ4v) is 2.80. The van der Waals surface area contributed by atoms with Crippen LogP contribution in [0.25, 0.3) is 5.69 Å². The quantitative estimate of drug-likeness (QED) is 0.410. The largest absolute Gasteiger partial charge is 0.345 e. The van der Waals surface area contributed by atoms with Crippen LogP contribution in [0.15, 0.2) is 61.2 Å². The number of anilines is 1. The van der Waals surface area contributed by atoms with Gasteiger partial charge in [-0.25, -0.2) is 9.67 Å². The molecular weight excluding hydrogens is 364 g/mol. The molecule has 1 atom stereocenters. The first kappa shape index (κ1) is 18.5. The molecule has 9 heteroatoms. The second-order valence-electron chi connectivity index (χ2n) is 5.95. The first-order valence-electron chi connectivity index (χ1n) is 8.19. The Morgan fingerprint density at radius 1 is 1.22 bits per heavy atom. The average molecular weight is 382 g/mol. The van der Waals surface area contributed by atoms with E-state index >= 15 is 0 Å². The molecule has 1 aromatic heterocycles. The van der Waals surface area contributed by atoms with Crippen molar-refractivity contribution in [2.24, 2.45) is 0 Å². The standard InChI is InChI=1S/C18H18N6O2S/c1-13(14-3-7-16(8-4-14)23-12-19-11-20-23)22(2)18(27)21-15-5-9-17(10-6-15)24(25)26/h3-13H,1-2H3,(H,21,27)/t13-/m1/s1. The van der Waals surface area contributed by atoms with E-state index in [9.17, 15) is 10.1 Å². The molecule has 3 rings (SSSR count). The molecule has 0 saturated carbocycles. The predicted octanol–water partition coefficient (Wildman–Crippen LogP) is 3.57. The summed E-state index contributed by atoms with van der Waals surface area (Å²) in [6.45, 7) is 2.05. The van der Waals surface area contributed by atoms with Crippen molar-refractivity contribution in [1.82, 2.24) is 19.7 Å². The highest BCUT2D eigenvalue weighted by molar-refractivity contribution is 7.80. The summed E-state index contributed by atoms with van der Waals surface area (Å²) < 4.78 is 1.69. The van der Waals surface area contributed by atoms with Crippen molar-refractivity contribution in [3.05, 3.63) is 76.9 Å². The number of thiocarbonyl (C=S) groups is 1. The second-order valence-corrected chi connectivity index (χ2v) is 6.34. The van der Waals surface area contributed by atoms with E-state index in [1.807, 2.05) is 43.1 Å². The molecule has 0 spiro atoms. The van der Waals surface area contributed by atoms with E-state index in [1.165, 1.54) is 18.5 Å². The minimum Gasteiger partial charge on any atom is -0.345 e. The summed E-state index contributed by atoms with van der Waals surface area (Å²) in [5.41, 5.74) is 2.76. The number of hydrogen-bond donors (Lipinski definition) is 1. The molecule has 3 aromatic rings. The lowest BCUT2D eigenvalue weighted by molar-refractivity contribution is -0.384. The van der Waals surface area contributed by atoms with Gasteiger partial charge in [-0.05, 0) is 49.0 Å². The molecule has 0 aliphatic heterocycles. The zero-order valence-electron chi connectivity index (χ0n) is 14.8. The highest BCUT2D eigenvalue weighted by Gasteiger charge is 2.15. The van der Waals surface area contributed by atoms with Crippen LogP contribution in [0.4, 0.5) is 11.4 Å². The molecule has 138 valence electrons. The number of nitrogens with one attached hydrogen (secondary N) is 1. The van der Waals surface area contributed by atoms with Crippen molar-refractivity contribution in [2.75, 3.05) is 12.4 Å². The van der Waals surface area contributed by atoms with Gasteiger partial charge in [-0.15, -0.1) is 0 Å². The number of non-ortho nitro benzene ring substituents is 1. The normalized spacial score (nSPS) is 11.6. The van der Waals surface area contributed by atoms with Crippen LogP contribution in [0.2, 0.25) is 0 Å². The Labute approximate surface area is 161 Å². The fraction of sp³-hybridized carbons (Fsp3) is 0.167. The third-order valence-corrected chi connectivity index (χ3v) is 4.68. The zero-order chi connectivity index (χ0) is 19.4. The van der Waals surface area contributed by atoms with E-state index < -0.39 is 4.92 Å². The Bertz CT molecular complexity index is 926. The number of hydrogen-bond acceptors (Lipinski definition) is 5. The zero-order valence-corrected chi connectivity index (χ0v) is 15.6. The van der Waals surface area contributed by atoms with Gasteiger partial charge < -0.3 is 10.2 Å². The van der Waals surface area contributed by atoms with Crippen LogP contribution in [0.1, 0.15) is 18.5 Å². The number of nitro groups is 1. The van der Waals surface area contributed by atoms with Gasteiger partial charge in [-0.1, -0.05) is 12.1 Å². The molecule has 27 heavy (non-hydrogen) atoms. The van der Waals surface area contributed by atoms with Gasteiger partial charge in [0.1, 0.15) is 12.7 Å². The van der Waals surface area contributed by atoms with Gasteiger partial charge in [0.2, 0.25) is 0 Å². The molecule has 1 heterocycles. The molecule has 0 saturated heterocycles. The Morgan fingerprint density at radius 2 is 1.89 bits per heavy atom. The smallest absolute Gasteiger partial charge is 0.269 e. The van der Waals surface area contributed by atoms with E-state index in [2.05, 4.69) is 15.4 Å². The summed E-state index contributed by atoms with van der Waals surface area (Å²) in [6.07, 6.45) is 3.14. The van der Waals surface area contributed by atoms with Crippen LogP contribution in [-0.2, 0) is 0 Å². The molecule has 0 aliphatic rings. The fourth-order valence-electron chi connectivity index (χ4n) is 2.52. The third kappa shape index (κ3) is 4.26. The third-order valence-electron chi connectivity index (χ3n) is 4.29. The molecule has 0 fully saturated rings. The molecule has 0 aliphatic carbocycles. The minimum atomic E-state index is -0.431. The second kappa shape index (κ2) is 7.92. The maximum atomic E-state index is 10.7. The van der Waals surface area contributed by atoms with Gasteiger partial charge in [-0.2, -0.15) is 5.10 Å². The van der Waals surface area contributed by atoms with Gasteiger partial charge in [0, 0.05) is 24.9 Å². The SMILES string of the molecule is C[C@H](c1ccc(-n2cncn2)cc1)N(C)C(=S)Nc1ccc([N+](=O)[O-])cc1. The van der Waals surface area contributed by atoms with E-state index in [0.29, 0.717) is 10.8 Å². The van der Waals surface area contributed by atoms with Crippen LogP contribution in [0.5, 0.6) is 0 Å². The monoisotopic (exact) mass is 382 g/mol. The van der Waals surface area contributed by atoms with E-state index in [-0.39, 0.29) is 11.7 Å². The summed E-state index contributed by atoms with van der Waals surface area (Å²) in [5, 5.41) is 18.5. The van der Waals surface area contributed by atoms with Gasteiger partial charge in [0.15, 0.2) is 5.11 Å². The number of benzene rings is 2. The van der Waals surface area contributed by atoms with Gasteiger partial charge in [0.25, 0.3) is 5.69 Å². The first-order chi connectivity index (χ1) is 13.0. The molecule has 0 radical (unpaired) electrons. The number of nitrogens with zero attached hydrogens (tertiary/aromatic N) is 5. The molecule has 2 aromatic carbocycles. The topological polar surface area (TPSA) is 89.1 Å². The van der Waals surface area contributed by atoms with Crippen molar-refractivity contribution in [2.45, 2.75) is 13.0 Å². The summed E-state index contributed by atoms with van der Waals surface area (Å²) in [6, 6.07) is 14.2. The van der Waals surface area contributed by atoms with E-state index in [1.54, 1.807) is 23.1 Å². The summed E-state index contributed by atoms with van der Waals surface area (Å²) in [7, 11) is 1.90. The van der Waals surface area contributed by atoms with Crippen LogP contribution < -0.4 is 5.32 Å². The lowest BCUT2D eigenvalue weighted by atomic mass is 10.1. The number of aromatic nitrogens is 3. The minimum absolute atomic E-state index is 0.0350. The van der Waals surface area contributed by atoms with Crippen LogP contribution in [0.3, 0.4) is 0 Å². The lowest BCUT2D eigenvalue weighted by Crippen LogP contribution is -2.33. The molecule has 0 bridgehead atoms. The predicted molar refractivity (Wildman–Crippen MR) is 107 cm³/mol. The van der Waals surface area contributed by atoms with Crippen LogP contribution in [0, 0.1) is 10.1 Å². The van der Waals surface area contributed by atoms with Crippen molar-refractivity contribution < 1.29 is 4.92 Å². The Morgan fingerprint density at radius 3 is 2.44 bits per heavy atom. The van der Waals surface area contributed by atoms with Crippen molar-refractivity contribution >= 4 is 28.7 Å². The summed E-state index contributed by atoms with van der Waals surface area (Å²) >= 11 is 5.47. The van der Waals surface area contributed by atoms with Gasteiger partial charge in [0.05, 0.1) is 16.7 Å². The van der Waals surface area contributed by atoms with Crippen LogP contribution in [-0.4, -0.2) is 36.7 Å². The Hall–Kier alpha value is -3.33. The molecule has 8 nitrogen and oxygen atoms in total. The molecule has 1 N–H and O–H groups in total. The van der Waals surface area contributed by atoms with Gasteiger partial charge in [-0.3, -0.25) is 10.1 Å². The molecule has 0 unspecified atom stereocenters. The van der Waals surface area contributed by atoms with Gasteiger partial charge >= 0.3 is 0 Å². The lowest BCUT2D eigenvalue weighted by Gasteiger charge is -2.28. The average Bonchev–Trinajstić information content (AvgIpc) is 3.22. The molecular formula is C18H18N6O2S. The summed E-state index contributed by atoms with van der Waals surface area (Å²) in [4.78, 5) is 16.2. The maximum Gasteiger partial charge on any atom is 0.269 e. The van der Waals surface area contributed by atoms with E-state index in [0.717, 1.165) is 11.3 Å². The van der Waals surface area contributed by atoms with Crippen LogP contribution >= 0.6 is 12.2 Å². The molecule has 0 amide bonds. The highest BCUT2D eigenvalue weighted by atomic mass is 32.1. The van der Waals surface area contributed by atoms with Crippen molar-refractivity contribution in [3.63, 3.8) is 0 Å². The summed E-state index contributed by atoms with van der Waals surface area (Å²) in [5.74, 6) is 0. The Balaban J connectivity index is 1.66. The maximum absolute atomic E-state index is 10.7. The first-order valence-corrected chi connectivity index (χ1v) is 8.60.